The molecule has 0 saturated carbocycles. The Kier molecular flexibility index (Phi) is 10.4. The van der Waals surface area contributed by atoms with Crippen molar-refractivity contribution >= 4 is 47.2 Å². The van der Waals surface area contributed by atoms with Crippen LogP contribution < -0.4 is 10.6 Å². The normalized spacial score (nSPS) is 17.8. The number of carbonyl (C=O) groups is 1. The summed E-state index contributed by atoms with van der Waals surface area (Å²) in [4.78, 5) is 23.4. The van der Waals surface area contributed by atoms with Crippen molar-refractivity contribution in [2.24, 2.45) is 4.99 Å². The first-order valence-electron chi connectivity index (χ1n) is 11.1. The Bertz CT molecular complexity index is 699. The molecule has 1 aromatic heterocycles. The summed E-state index contributed by atoms with van der Waals surface area (Å²) < 4.78 is 0. The van der Waals surface area contributed by atoms with Gasteiger partial charge in [0.25, 0.3) is 0 Å². The van der Waals surface area contributed by atoms with Crippen LogP contribution in [0, 0.1) is 0 Å². The largest absolute Gasteiger partial charge is 0.357 e. The van der Waals surface area contributed by atoms with Crippen LogP contribution in [0.3, 0.4) is 0 Å². The number of piperidine rings is 1. The molecule has 3 heterocycles. The van der Waals surface area contributed by atoms with E-state index in [2.05, 4.69) is 47.8 Å². The van der Waals surface area contributed by atoms with E-state index in [4.69, 9.17) is 4.99 Å². The van der Waals surface area contributed by atoms with Crippen molar-refractivity contribution in [1.82, 2.24) is 20.4 Å². The van der Waals surface area contributed by atoms with E-state index in [1.807, 2.05) is 4.90 Å². The zero-order chi connectivity index (χ0) is 20.7. The summed E-state index contributed by atoms with van der Waals surface area (Å²) in [5.41, 5.74) is 1.38. The molecule has 0 unspecified atom stereocenters. The Balaban J connectivity index is 0.00000320. The molecule has 6 nitrogen and oxygen atoms in total. The molecule has 30 heavy (non-hydrogen) atoms. The van der Waals surface area contributed by atoms with E-state index in [9.17, 15) is 4.79 Å². The molecule has 2 N–H and O–H groups in total. The highest BCUT2D eigenvalue weighted by Gasteiger charge is 2.27. The van der Waals surface area contributed by atoms with Crippen molar-refractivity contribution in [2.45, 2.75) is 65.0 Å². The van der Waals surface area contributed by atoms with Crippen LogP contribution >= 0.6 is 35.3 Å². The molecule has 1 aromatic rings. The van der Waals surface area contributed by atoms with E-state index in [-0.39, 0.29) is 35.4 Å². The van der Waals surface area contributed by atoms with Crippen LogP contribution in [-0.2, 0) is 17.8 Å². The number of amides is 1. The summed E-state index contributed by atoms with van der Waals surface area (Å²) in [6, 6.07) is 2.15. The van der Waals surface area contributed by atoms with Gasteiger partial charge in [0.1, 0.15) is 0 Å². The molecule has 0 radical (unpaired) electrons. The number of nitrogens with zero attached hydrogens (tertiary/aromatic N) is 3. The number of thiophene rings is 1. The first kappa shape index (κ1) is 25.4. The maximum atomic E-state index is 12.6. The lowest BCUT2D eigenvalue weighted by atomic mass is 9.99. The summed E-state index contributed by atoms with van der Waals surface area (Å²) in [7, 11) is 0. The fraction of sp³-hybridized carbons (Fsp3) is 0.727. The maximum absolute atomic E-state index is 12.6. The van der Waals surface area contributed by atoms with Gasteiger partial charge in [-0.2, -0.15) is 0 Å². The molecule has 8 heteroatoms. The second kappa shape index (κ2) is 12.2. The highest BCUT2D eigenvalue weighted by molar-refractivity contribution is 14.0. The van der Waals surface area contributed by atoms with E-state index >= 15 is 0 Å². The second-order valence-corrected chi connectivity index (χ2v) is 9.67. The van der Waals surface area contributed by atoms with Crippen LogP contribution in [0.25, 0.3) is 0 Å². The second-order valence-electron chi connectivity index (χ2n) is 8.67. The average Bonchev–Trinajstić information content (AvgIpc) is 3.20. The van der Waals surface area contributed by atoms with Gasteiger partial charge in [0, 0.05) is 43.0 Å². The SMILES string of the molecule is CCNC(=NCC(C)(C)N1CCCCC1)NCCC(=O)N1CCc2sccc2C1.I. The molecule has 2 aliphatic heterocycles. The molecule has 1 saturated heterocycles. The van der Waals surface area contributed by atoms with E-state index < -0.39 is 0 Å². The third kappa shape index (κ3) is 7.09. The molecule has 0 aliphatic carbocycles. The van der Waals surface area contributed by atoms with Crippen LogP contribution in [0.5, 0.6) is 0 Å². The van der Waals surface area contributed by atoms with Crippen LogP contribution in [-0.4, -0.2) is 66.5 Å². The Morgan fingerprint density at radius 3 is 2.70 bits per heavy atom. The Morgan fingerprint density at radius 2 is 1.97 bits per heavy atom. The van der Waals surface area contributed by atoms with Gasteiger partial charge >= 0.3 is 0 Å². The number of halogens is 1. The van der Waals surface area contributed by atoms with Crippen molar-refractivity contribution in [2.75, 3.05) is 39.3 Å². The molecule has 0 aromatic carbocycles. The lowest BCUT2D eigenvalue weighted by Gasteiger charge is -2.40. The zero-order valence-electron chi connectivity index (χ0n) is 18.7. The molecule has 170 valence electrons. The standard InChI is InChI=1S/C22H37N5OS.HI/c1-4-23-21(25-17-22(2,3)27-12-6-5-7-13-27)24-11-8-20(28)26-14-9-19-18(16-26)10-15-29-19;/h10,15H,4-9,11-14,16-17H2,1-3H3,(H2,23,24,25);1H. The fourth-order valence-electron chi connectivity index (χ4n) is 4.12. The summed E-state index contributed by atoms with van der Waals surface area (Å²) in [5, 5.41) is 8.80. The first-order chi connectivity index (χ1) is 14.0. The van der Waals surface area contributed by atoms with E-state index in [1.54, 1.807) is 11.3 Å². The lowest BCUT2D eigenvalue weighted by molar-refractivity contribution is -0.131. The number of aliphatic imine (C=N–C) groups is 1. The number of carbonyl (C=O) groups excluding carboxylic acids is 1. The maximum Gasteiger partial charge on any atom is 0.224 e. The van der Waals surface area contributed by atoms with Gasteiger partial charge in [-0.3, -0.25) is 14.7 Å². The van der Waals surface area contributed by atoms with E-state index in [0.29, 0.717) is 13.0 Å². The molecule has 0 bridgehead atoms. The average molecular weight is 548 g/mol. The first-order valence-corrected chi connectivity index (χ1v) is 12.0. The van der Waals surface area contributed by atoms with Crippen molar-refractivity contribution in [3.05, 3.63) is 21.9 Å². The van der Waals surface area contributed by atoms with Crippen molar-refractivity contribution in [1.29, 1.82) is 0 Å². The predicted octanol–water partition coefficient (Wildman–Crippen LogP) is 3.46. The van der Waals surface area contributed by atoms with Gasteiger partial charge in [0.15, 0.2) is 5.96 Å². The molecule has 0 spiro atoms. The van der Waals surface area contributed by atoms with Gasteiger partial charge in [0.2, 0.25) is 5.91 Å². The number of fused-ring (bicyclic) bond motifs is 1. The number of likely N-dealkylation sites (tertiary alicyclic amines) is 1. The van der Waals surface area contributed by atoms with Crippen molar-refractivity contribution in [3.63, 3.8) is 0 Å². The minimum atomic E-state index is 0. The highest BCUT2D eigenvalue weighted by atomic mass is 127. The monoisotopic (exact) mass is 547 g/mol. The number of rotatable bonds is 7. The van der Waals surface area contributed by atoms with Gasteiger partial charge < -0.3 is 15.5 Å². The number of hydrogen-bond donors (Lipinski definition) is 2. The van der Waals surface area contributed by atoms with Crippen LogP contribution in [0.15, 0.2) is 16.4 Å². The topological polar surface area (TPSA) is 60.0 Å². The molecular weight excluding hydrogens is 509 g/mol. The molecule has 2 aliphatic rings. The minimum absolute atomic E-state index is 0. The van der Waals surface area contributed by atoms with E-state index in [0.717, 1.165) is 38.6 Å². The molecule has 1 fully saturated rings. The van der Waals surface area contributed by atoms with Crippen molar-refractivity contribution < 1.29 is 4.79 Å². The summed E-state index contributed by atoms with van der Waals surface area (Å²) in [5.74, 6) is 1.03. The van der Waals surface area contributed by atoms with Gasteiger partial charge in [-0.1, -0.05) is 6.42 Å². The van der Waals surface area contributed by atoms with Crippen LogP contribution in [0.4, 0.5) is 0 Å². The predicted molar refractivity (Wildman–Crippen MR) is 137 cm³/mol. The van der Waals surface area contributed by atoms with Crippen molar-refractivity contribution in [3.8, 4) is 0 Å². The fourth-order valence-corrected chi connectivity index (χ4v) is 5.01. The third-order valence-corrected chi connectivity index (χ3v) is 7.00. The van der Waals surface area contributed by atoms with Crippen LogP contribution in [0.2, 0.25) is 0 Å². The Hall–Kier alpha value is -0.870. The summed E-state index contributed by atoms with van der Waals surface area (Å²) >= 11 is 1.81. The number of guanidine groups is 1. The highest BCUT2D eigenvalue weighted by Crippen LogP contribution is 2.24. The number of nitrogens with one attached hydrogen (secondary N) is 2. The van der Waals surface area contributed by atoms with Gasteiger partial charge in [-0.15, -0.1) is 35.3 Å². The molecule has 3 rings (SSSR count). The molecular formula is C22H38IN5OS. The Labute approximate surface area is 202 Å². The van der Waals surface area contributed by atoms with Gasteiger partial charge in [-0.25, -0.2) is 0 Å². The van der Waals surface area contributed by atoms with Crippen LogP contribution in [0.1, 0.15) is 56.9 Å². The lowest BCUT2D eigenvalue weighted by Crippen LogP contribution is -2.49. The molecule has 0 atom stereocenters. The van der Waals surface area contributed by atoms with E-state index in [1.165, 1.54) is 42.8 Å². The third-order valence-electron chi connectivity index (χ3n) is 5.97. The summed E-state index contributed by atoms with van der Waals surface area (Å²) in [6.45, 7) is 12.8. The number of hydrogen-bond acceptors (Lipinski definition) is 4. The quantitative estimate of drug-likeness (QED) is 0.312. The smallest absolute Gasteiger partial charge is 0.224 e. The Morgan fingerprint density at radius 1 is 1.20 bits per heavy atom. The van der Waals surface area contributed by atoms with Gasteiger partial charge in [0.05, 0.1) is 6.54 Å². The molecule has 1 amide bonds. The minimum Gasteiger partial charge on any atom is -0.357 e. The summed E-state index contributed by atoms with van der Waals surface area (Å²) in [6.07, 6.45) is 5.41. The zero-order valence-corrected chi connectivity index (χ0v) is 21.9. The van der Waals surface area contributed by atoms with Gasteiger partial charge in [-0.05, 0) is 70.1 Å².